The largest absolute Gasteiger partial charge is 0.699 e. The molecular weight excluding hydrogens is 326 g/mol. The molecular formula is C13H12N3O4S2-. The smallest absolute Gasteiger partial charge is 0.282 e. The molecule has 3 N–H and O–H groups in total. The minimum atomic E-state index is -3.91. The Labute approximate surface area is 128 Å². The van der Waals surface area contributed by atoms with Gasteiger partial charge in [0, 0.05) is 6.21 Å². The molecule has 0 atom stereocenters. The molecule has 2 aromatic carbocycles. The van der Waals surface area contributed by atoms with Gasteiger partial charge in [-0.15, -0.1) is 5.69 Å². The van der Waals surface area contributed by atoms with E-state index < -0.39 is 20.0 Å². The van der Waals surface area contributed by atoms with Crippen LogP contribution in [-0.2, 0) is 20.0 Å². The summed E-state index contributed by atoms with van der Waals surface area (Å²) in [4.78, 5) is -0.160. The average molecular weight is 338 g/mol. The molecule has 0 unspecified atom stereocenters. The molecule has 0 fully saturated rings. The Bertz CT molecular complexity index is 918. The Morgan fingerprint density at radius 3 is 2.14 bits per heavy atom. The highest BCUT2D eigenvalue weighted by Gasteiger charge is 2.11. The van der Waals surface area contributed by atoms with Crippen molar-refractivity contribution < 1.29 is 16.8 Å². The monoisotopic (exact) mass is 338 g/mol. The minimum Gasteiger partial charge on any atom is -0.699 e. The SMILES string of the molecule is [NH-]c1cccc(S(=O)(=O)/N=C/c2ccc(S(N)(=O)=O)cc2)c1. The van der Waals surface area contributed by atoms with Crippen LogP contribution in [0.1, 0.15) is 5.56 Å². The van der Waals surface area contributed by atoms with Crippen LogP contribution in [0, 0.1) is 0 Å². The molecule has 0 amide bonds. The van der Waals surface area contributed by atoms with Crippen molar-refractivity contribution in [2.75, 3.05) is 0 Å². The van der Waals surface area contributed by atoms with Crippen molar-refractivity contribution in [2.24, 2.45) is 9.54 Å². The molecule has 2 aromatic rings. The highest BCUT2D eigenvalue weighted by molar-refractivity contribution is 7.90. The maximum absolute atomic E-state index is 12.0. The topological polar surface area (TPSA) is 130 Å². The van der Waals surface area contributed by atoms with E-state index in [0.717, 1.165) is 6.21 Å². The van der Waals surface area contributed by atoms with Crippen molar-refractivity contribution in [2.45, 2.75) is 9.79 Å². The van der Waals surface area contributed by atoms with Crippen LogP contribution in [0.3, 0.4) is 0 Å². The summed E-state index contributed by atoms with van der Waals surface area (Å²) < 4.78 is 49.7. The van der Waals surface area contributed by atoms with Crippen LogP contribution < -0.4 is 5.14 Å². The lowest BCUT2D eigenvalue weighted by molar-refractivity contribution is 0.596. The average Bonchev–Trinajstić information content (AvgIpc) is 2.45. The molecule has 7 nitrogen and oxygen atoms in total. The molecule has 0 saturated carbocycles. The molecule has 0 aliphatic heterocycles. The second-order valence-electron chi connectivity index (χ2n) is 4.35. The van der Waals surface area contributed by atoms with Crippen LogP contribution >= 0.6 is 0 Å². The third kappa shape index (κ3) is 3.91. The summed E-state index contributed by atoms with van der Waals surface area (Å²) in [6.45, 7) is 0. The zero-order valence-electron chi connectivity index (χ0n) is 11.2. The molecule has 0 bridgehead atoms. The van der Waals surface area contributed by atoms with E-state index in [1.807, 2.05) is 0 Å². The molecule has 0 aliphatic carbocycles. The van der Waals surface area contributed by atoms with Gasteiger partial charge in [-0.25, -0.2) is 13.6 Å². The van der Waals surface area contributed by atoms with Crippen molar-refractivity contribution >= 4 is 31.9 Å². The van der Waals surface area contributed by atoms with Gasteiger partial charge in [-0.1, -0.05) is 30.3 Å². The van der Waals surface area contributed by atoms with E-state index in [-0.39, 0.29) is 15.5 Å². The molecule has 9 heteroatoms. The van der Waals surface area contributed by atoms with Crippen LogP contribution in [0.2, 0.25) is 0 Å². The van der Waals surface area contributed by atoms with Crippen LogP contribution in [0.25, 0.3) is 5.73 Å². The number of hydrogen-bond acceptors (Lipinski definition) is 4. The number of benzene rings is 2. The van der Waals surface area contributed by atoms with E-state index in [1.165, 1.54) is 48.5 Å². The second-order valence-corrected chi connectivity index (χ2v) is 7.55. The lowest BCUT2D eigenvalue weighted by atomic mass is 10.2. The Balaban J connectivity index is 2.28. The number of nitrogens with zero attached hydrogens (tertiary/aromatic N) is 1. The predicted octanol–water partition coefficient (Wildman–Crippen LogP) is 1.83. The zero-order valence-corrected chi connectivity index (χ0v) is 12.8. The van der Waals surface area contributed by atoms with E-state index in [4.69, 9.17) is 10.9 Å². The van der Waals surface area contributed by atoms with Gasteiger partial charge in [0.1, 0.15) is 0 Å². The first-order valence-electron chi connectivity index (χ1n) is 5.93. The van der Waals surface area contributed by atoms with Gasteiger partial charge >= 0.3 is 0 Å². The summed E-state index contributed by atoms with van der Waals surface area (Å²) in [5.41, 5.74) is 7.87. The Morgan fingerprint density at radius 1 is 0.955 bits per heavy atom. The number of rotatable bonds is 4. The van der Waals surface area contributed by atoms with Gasteiger partial charge in [0.25, 0.3) is 10.0 Å². The maximum Gasteiger partial charge on any atom is 0.282 e. The Hall–Kier alpha value is -2.23. The van der Waals surface area contributed by atoms with Gasteiger partial charge in [-0.2, -0.15) is 12.8 Å². The second kappa shape index (κ2) is 5.87. The van der Waals surface area contributed by atoms with E-state index in [0.29, 0.717) is 5.56 Å². The summed E-state index contributed by atoms with van der Waals surface area (Å²) in [6, 6.07) is 10.7. The summed E-state index contributed by atoms with van der Waals surface area (Å²) in [5.74, 6) is 0. The molecule has 0 heterocycles. The van der Waals surface area contributed by atoms with Crippen LogP contribution in [0.15, 0.2) is 62.7 Å². The number of nitrogens with two attached hydrogens (primary N) is 1. The van der Waals surface area contributed by atoms with Crippen LogP contribution in [0.4, 0.5) is 5.69 Å². The van der Waals surface area contributed by atoms with E-state index in [9.17, 15) is 16.8 Å². The third-order valence-electron chi connectivity index (χ3n) is 2.68. The third-order valence-corrected chi connectivity index (χ3v) is 4.84. The number of nitrogens with one attached hydrogen (secondary N) is 1. The molecule has 22 heavy (non-hydrogen) atoms. The molecule has 0 saturated heterocycles. The van der Waals surface area contributed by atoms with E-state index >= 15 is 0 Å². The summed E-state index contributed by atoms with van der Waals surface area (Å²) in [5, 5.41) is 4.97. The Morgan fingerprint density at radius 2 is 1.59 bits per heavy atom. The molecule has 116 valence electrons. The molecule has 0 spiro atoms. The first-order chi connectivity index (χ1) is 10.2. The van der Waals surface area contributed by atoms with Gasteiger partial charge < -0.3 is 5.73 Å². The maximum atomic E-state index is 12.0. The first kappa shape index (κ1) is 16.1. The van der Waals surface area contributed by atoms with Gasteiger partial charge in [-0.05, 0) is 23.8 Å². The minimum absolute atomic E-state index is 0.0637. The van der Waals surface area contributed by atoms with E-state index in [2.05, 4.69) is 4.40 Å². The summed E-state index contributed by atoms with van der Waals surface area (Å²) >= 11 is 0. The number of hydrogen-bond donors (Lipinski definition) is 1. The van der Waals surface area contributed by atoms with Gasteiger partial charge in [-0.3, -0.25) is 0 Å². The molecule has 2 rings (SSSR count). The van der Waals surface area contributed by atoms with Crippen molar-refractivity contribution in [3.05, 3.63) is 59.8 Å². The zero-order chi connectivity index (χ0) is 16.4. The fourth-order valence-corrected chi connectivity index (χ4v) is 3.02. The lowest BCUT2D eigenvalue weighted by Gasteiger charge is -2.04. The molecule has 0 aromatic heterocycles. The lowest BCUT2D eigenvalue weighted by Crippen LogP contribution is -2.11. The predicted molar refractivity (Wildman–Crippen MR) is 83.0 cm³/mol. The van der Waals surface area contributed by atoms with Crippen LogP contribution in [-0.4, -0.2) is 23.1 Å². The normalized spacial score (nSPS) is 12.6. The summed E-state index contributed by atoms with van der Waals surface area (Å²) in [6.07, 6.45) is 1.10. The van der Waals surface area contributed by atoms with Crippen molar-refractivity contribution in [3.8, 4) is 0 Å². The quantitative estimate of drug-likeness (QED) is 0.852. The standard InChI is InChI=1S/C13H12N3O4S2/c14-11-2-1-3-13(8-11)22(19,20)16-9-10-4-6-12(7-5-10)21(15,17)18/h1-9,14H,(H2,15,17,18)/q-1/b16-9+. The number of primary sulfonamides is 1. The fourth-order valence-electron chi connectivity index (χ4n) is 1.59. The van der Waals surface area contributed by atoms with Crippen LogP contribution in [0.5, 0.6) is 0 Å². The van der Waals surface area contributed by atoms with E-state index in [1.54, 1.807) is 0 Å². The Kier molecular flexibility index (Phi) is 4.31. The van der Waals surface area contributed by atoms with Crippen molar-refractivity contribution in [1.82, 2.24) is 0 Å². The summed E-state index contributed by atoms with van der Waals surface area (Å²) in [7, 11) is -7.71. The molecule has 0 radical (unpaired) electrons. The number of sulfonamides is 2. The highest BCUT2D eigenvalue weighted by atomic mass is 32.2. The fraction of sp³-hybridized carbons (Fsp3) is 0. The first-order valence-corrected chi connectivity index (χ1v) is 8.92. The van der Waals surface area contributed by atoms with Gasteiger partial charge in [0.2, 0.25) is 10.0 Å². The van der Waals surface area contributed by atoms with Gasteiger partial charge in [0.15, 0.2) is 0 Å². The van der Waals surface area contributed by atoms with Crippen molar-refractivity contribution in [3.63, 3.8) is 0 Å². The van der Waals surface area contributed by atoms with Crippen molar-refractivity contribution in [1.29, 1.82) is 0 Å². The van der Waals surface area contributed by atoms with Gasteiger partial charge in [0.05, 0.1) is 9.79 Å². The molecule has 0 aliphatic rings. The highest BCUT2D eigenvalue weighted by Crippen LogP contribution is 2.18.